The van der Waals surface area contributed by atoms with Gasteiger partial charge >= 0.3 is 0 Å². The van der Waals surface area contributed by atoms with Crippen LogP contribution in [0.15, 0.2) is 0 Å². The molecule has 46 valence electrons. The molecule has 1 N–H and O–H groups in total. The molecule has 0 bridgehead atoms. The van der Waals surface area contributed by atoms with E-state index in [9.17, 15) is 0 Å². The van der Waals surface area contributed by atoms with Crippen LogP contribution in [-0.2, 0) is 21.1 Å². The Morgan fingerprint density at radius 2 is 1.60 bits per heavy atom. The SMILES string of the molecule is C[PH+](C)O.[H-].[H-].[H-].[H-].[H-].[Pt]. The maximum absolute atomic E-state index is 8.16. The minimum atomic E-state index is -0.880. The fourth-order valence-corrected chi connectivity index (χ4v) is 0. The molecule has 0 saturated carbocycles. The van der Waals surface area contributed by atoms with Crippen LogP contribution in [0, 0.1) is 0 Å². The zero-order chi connectivity index (χ0) is 3.58. The van der Waals surface area contributed by atoms with Gasteiger partial charge in [-0.3, -0.25) is 4.89 Å². The molecule has 5 heavy (non-hydrogen) atoms. The van der Waals surface area contributed by atoms with Crippen molar-refractivity contribution >= 4 is 8.15 Å². The minimum Gasteiger partial charge on any atom is -1.00 e. The molecular weight excluding hydrogens is 266 g/mol. The van der Waals surface area contributed by atoms with E-state index in [2.05, 4.69) is 0 Å². The van der Waals surface area contributed by atoms with Gasteiger partial charge in [0.2, 0.25) is 0 Å². The number of hydrogen-bond donors (Lipinski definition) is 1. The van der Waals surface area contributed by atoms with Crippen LogP contribution in [-0.4, -0.2) is 18.2 Å². The Morgan fingerprint density at radius 1 is 1.60 bits per heavy atom. The van der Waals surface area contributed by atoms with Gasteiger partial charge in [-0.25, -0.2) is 0 Å². The summed E-state index contributed by atoms with van der Waals surface area (Å²) in [6.45, 7) is 3.65. The molecule has 0 rings (SSSR count). The number of hydrogen-bond acceptors (Lipinski definition) is 1. The Hall–Kier alpha value is 1.08. The van der Waals surface area contributed by atoms with E-state index in [0.29, 0.717) is 0 Å². The summed E-state index contributed by atoms with van der Waals surface area (Å²) in [5.41, 5.74) is 0. The molecule has 0 saturated heterocycles. The van der Waals surface area contributed by atoms with Crippen molar-refractivity contribution in [3.63, 3.8) is 0 Å². The third-order valence-electron chi connectivity index (χ3n) is 0. The Labute approximate surface area is 55.3 Å². The average molecular weight is 279 g/mol. The second kappa shape index (κ2) is 5.08. The Morgan fingerprint density at radius 3 is 1.60 bits per heavy atom. The van der Waals surface area contributed by atoms with Crippen LogP contribution >= 0.6 is 8.15 Å². The molecule has 0 aromatic rings. The van der Waals surface area contributed by atoms with E-state index in [-0.39, 0.29) is 28.2 Å². The molecule has 0 aliphatic carbocycles. The first-order valence-corrected chi connectivity index (χ1v) is 3.67. The standard InChI is InChI=1S/C2H7OP.Pt.5H/c1-4(2)3;;;;;;/h3H,1-2H3;;;;;;/q;;5*-1/p+1. The van der Waals surface area contributed by atoms with Crippen molar-refractivity contribution in [1.82, 2.24) is 0 Å². The fraction of sp³-hybridized carbons (Fsp3) is 1.00. The maximum Gasteiger partial charge on any atom is 0.123 e. The van der Waals surface area contributed by atoms with E-state index in [1.54, 1.807) is 0 Å². The molecule has 0 unspecified atom stereocenters. The zero-order valence-electron chi connectivity index (χ0n) is 8.26. The molecule has 1 nitrogen and oxygen atoms in total. The molecule has 0 aliphatic rings. The average Bonchev–Trinajstić information content (AvgIpc) is 0.811. The number of rotatable bonds is 0. The van der Waals surface area contributed by atoms with Crippen molar-refractivity contribution in [1.29, 1.82) is 0 Å². The molecule has 3 heteroatoms. The second-order valence-electron chi connectivity index (χ2n) is 0.947. The van der Waals surface area contributed by atoms with E-state index in [1.807, 2.05) is 13.3 Å². The van der Waals surface area contributed by atoms with Crippen LogP contribution in [0.2, 0.25) is 0 Å². The summed E-state index contributed by atoms with van der Waals surface area (Å²) in [4.78, 5) is 8.16. The van der Waals surface area contributed by atoms with Crippen molar-refractivity contribution in [3.8, 4) is 0 Å². The predicted octanol–water partition coefficient (Wildman–Crippen LogP) is 0.927. The monoisotopic (exact) mass is 279 g/mol. The van der Waals surface area contributed by atoms with Crippen LogP contribution in [0.1, 0.15) is 7.13 Å². The van der Waals surface area contributed by atoms with Crippen LogP contribution < -0.4 is 0 Å². The first-order chi connectivity index (χ1) is 1.73. The third-order valence-corrected chi connectivity index (χ3v) is 0. The van der Waals surface area contributed by atoms with E-state index in [1.165, 1.54) is 0 Å². The molecule has 0 atom stereocenters. The van der Waals surface area contributed by atoms with E-state index >= 15 is 0 Å². The van der Waals surface area contributed by atoms with Gasteiger partial charge in [-0.15, -0.1) is 0 Å². The van der Waals surface area contributed by atoms with Gasteiger partial charge in [0, 0.05) is 21.1 Å². The van der Waals surface area contributed by atoms with Crippen molar-refractivity contribution in [2.45, 2.75) is 0 Å². The summed E-state index contributed by atoms with van der Waals surface area (Å²) in [7, 11) is -0.880. The summed E-state index contributed by atoms with van der Waals surface area (Å²) < 4.78 is 0. The van der Waals surface area contributed by atoms with E-state index in [0.717, 1.165) is 0 Å². The van der Waals surface area contributed by atoms with Gasteiger partial charge in [0.25, 0.3) is 0 Å². The van der Waals surface area contributed by atoms with Gasteiger partial charge in [-0.1, -0.05) is 0 Å². The summed E-state index contributed by atoms with van der Waals surface area (Å²) >= 11 is 0. The van der Waals surface area contributed by atoms with Gasteiger partial charge in [-0.05, 0) is 0 Å². The van der Waals surface area contributed by atoms with Crippen molar-refractivity contribution in [2.24, 2.45) is 0 Å². The minimum absolute atomic E-state index is 0. The molecular formula is C2H13OPPt-4. The third kappa shape index (κ3) is 41.4. The Bertz CT molecular complexity index is 24.4. The molecule has 0 aliphatic heterocycles. The molecule has 0 amide bonds. The second-order valence-corrected chi connectivity index (χ2v) is 2.84. The van der Waals surface area contributed by atoms with Crippen molar-refractivity contribution < 1.29 is 33.1 Å². The molecule has 0 aromatic heterocycles. The van der Waals surface area contributed by atoms with Crippen molar-refractivity contribution in [2.75, 3.05) is 13.3 Å². The molecule has 0 fully saturated rings. The maximum atomic E-state index is 8.16. The van der Waals surface area contributed by atoms with Gasteiger partial charge in [0.15, 0.2) is 0 Å². The van der Waals surface area contributed by atoms with E-state index < -0.39 is 8.15 Å². The topological polar surface area (TPSA) is 20.2 Å². The summed E-state index contributed by atoms with van der Waals surface area (Å²) in [6, 6.07) is 0. The van der Waals surface area contributed by atoms with Gasteiger partial charge in [0.1, 0.15) is 8.15 Å². The fourth-order valence-electron chi connectivity index (χ4n) is 0. The summed E-state index contributed by atoms with van der Waals surface area (Å²) in [5, 5.41) is 0. The van der Waals surface area contributed by atoms with Crippen LogP contribution in [0.3, 0.4) is 0 Å². The summed E-state index contributed by atoms with van der Waals surface area (Å²) in [6.07, 6.45) is 0. The zero-order valence-corrected chi connectivity index (χ0v) is 6.54. The van der Waals surface area contributed by atoms with Crippen LogP contribution in [0.5, 0.6) is 0 Å². The molecule has 0 aromatic carbocycles. The van der Waals surface area contributed by atoms with Crippen molar-refractivity contribution in [3.05, 3.63) is 0 Å². The Kier molecular flexibility index (Phi) is 9.57. The molecule has 0 spiro atoms. The first-order valence-electron chi connectivity index (χ1n) is 1.22. The van der Waals surface area contributed by atoms with Gasteiger partial charge < -0.3 is 7.13 Å². The largest absolute Gasteiger partial charge is 1.00 e. The Balaban J connectivity index is -0.00000000300. The van der Waals surface area contributed by atoms with E-state index in [4.69, 9.17) is 4.89 Å². The predicted molar refractivity (Wildman–Crippen MR) is 27.9 cm³/mol. The van der Waals surface area contributed by atoms with Gasteiger partial charge in [0.05, 0.1) is 13.3 Å². The molecule has 0 radical (unpaired) electrons. The normalized spacial score (nSPS) is 7.20. The smallest absolute Gasteiger partial charge is 0.123 e. The quantitative estimate of drug-likeness (QED) is 0.654. The van der Waals surface area contributed by atoms with Crippen LogP contribution in [0.25, 0.3) is 0 Å². The van der Waals surface area contributed by atoms with Gasteiger partial charge in [-0.2, -0.15) is 0 Å². The first kappa shape index (κ1) is 9.42. The summed E-state index contributed by atoms with van der Waals surface area (Å²) in [5.74, 6) is 0. The van der Waals surface area contributed by atoms with Crippen LogP contribution in [0.4, 0.5) is 0 Å². The molecule has 0 heterocycles.